The third kappa shape index (κ3) is 5.67. The normalized spacial score (nSPS) is 25.9. The fraction of sp³-hybridized carbons (Fsp3) is 0.600. The predicted octanol–water partition coefficient (Wildman–Crippen LogP) is 2.27. The van der Waals surface area contributed by atoms with Gasteiger partial charge in [0.15, 0.2) is 5.79 Å². The van der Waals surface area contributed by atoms with Crippen LogP contribution in [0, 0.1) is 0 Å². The maximum absolute atomic E-state index is 11.3. The van der Waals surface area contributed by atoms with E-state index in [-0.39, 0.29) is 12.1 Å². The minimum Gasteiger partial charge on any atom is -0.462 e. The van der Waals surface area contributed by atoms with Gasteiger partial charge in [0.25, 0.3) is 0 Å². The first kappa shape index (κ1) is 16.6. The van der Waals surface area contributed by atoms with Crippen LogP contribution >= 0.6 is 0 Å². The number of carbonyl (C=O) groups is 1. The van der Waals surface area contributed by atoms with E-state index in [1.807, 2.05) is 26.0 Å². The van der Waals surface area contributed by atoms with Crippen LogP contribution < -0.4 is 0 Å². The molecule has 0 aromatic carbocycles. The van der Waals surface area contributed by atoms with Crippen LogP contribution in [0.3, 0.4) is 0 Å². The van der Waals surface area contributed by atoms with Crippen molar-refractivity contribution in [2.45, 2.75) is 45.1 Å². The molecule has 0 aromatic heterocycles. The van der Waals surface area contributed by atoms with Crippen molar-refractivity contribution in [1.82, 2.24) is 0 Å². The number of ether oxygens (including phenoxy) is 3. The first-order valence-corrected chi connectivity index (χ1v) is 6.77. The molecule has 0 radical (unpaired) electrons. The average molecular weight is 281 g/mol. The van der Waals surface area contributed by atoms with Gasteiger partial charge in [-0.3, -0.25) is 4.99 Å². The van der Waals surface area contributed by atoms with Crippen LogP contribution in [0.4, 0.5) is 0 Å². The van der Waals surface area contributed by atoms with Gasteiger partial charge in [-0.1, -0.05) is 24.8 Å². The Bertz CT molecular complexity index is 387. The van der Waals surface area contributed by atoms with Gasteiger partial charge in [0, 0.05) is 0 Å². The lowest BCUT2D eigenvalue weighted by Gasteiger charge is -2.39. The summed E-state index contributed by atoms with van der Waals surface area (Å²) in [5, 5.41) is 0. The van der Waals surface area contributed by atoms with Crippen molar-refractivity contribution in [3.63, 3.8) is 0 Å². The molecule has 1 fully saturated rings. The summed E-state index contributed by atoms with van der Waals surface area (Å²) in [6.07, 6.45) is 7.28. The number of aliphatic imine (C=N–C) groups is 1. The van der Waals surface area contributed by atoms with E-state index < -0.39 is 11.8 Å². The molecule has 0 bridgehead atoms. The summed E-state index contributed by atoms with van der Waals surface area (Å²) < 4.78 is 16.2. The molecule has 1 saturated heterocycles. The second-order valence-corrected chi connectivity index (χ2v) is 4.86. The minimum absolute atomic E-state index is 0.138. The highest BCUT2D eigenvalue weighted by Gasteiger charge is 2.35. The van der Waals surface area contributed by atoms with E-state index in [0.29, 0.717) is 19.6 Å². The SMILES string of the molecule is C=C/C=C/C[C@H]1OC(C)(C)OC[C@@H]1N=CC(=O)OCC. The zero-order valence-corrected chi connectivity index (χ0v) is 12.4. The molecular weight excluding hydrogens is 258 g/mol. The molecule has 112 valence electrons. The Hall–Kier alpha value is -1.46. The molecule has 1 aliphatic rings. The summed E-state index contributed by atoms with van der Waals surface area (Å²) >= 11 is 0. The lowest BCUT2D eigenvalue weighted by molar-refractivity contribution is -0.277. The Morgan fingerprint density at radius 1 is 1.55 bits per heavy atom. The van der Waals surface area contributed by atoms with Crippen LogP contribution in [0.5, 0.6) is 0 Å². The third-order valence-electron chi connectivity index (χ3n) is 2.76. The summed E-state index contributed by atoms with van der Waals surface area (Å²) in [4.78, 5) is 15.5. The molecular formula is C15H23NO4. The highest BCUT2D eigenvalue weighted by Crippen LogP contribution is 2.26. The molecule has 0 aliphatic carbocycles. The molecule has 0 amide bonds. The first-order chi connectivity index (χ1) is 9.48. The van der Waals surface area contributed by atoms with E-state index >= 15 is 0 Å². The molecule has 1 heterocycles. The quantitative estimate of drug-likeness (QED) is 0.426. The monoisotopic (exact) mass is 281 g/mol. The number of hydrogen-bond acceptors (Lipinski definition) is 5. The van der Waals surface area contributed by atoms with Crippen molar-refractivity contribution in [2.24, 2.45) is 4.99 Å². The van der Waals surface area contributed by atoms with Gasteiger partial charge in [-0.25, -0.2) is 4.79 Å². The standard InChI is InChI=1S/C15H23NO4/c1-5-7-8-9-13-12(11-19-15(3,4)20-13)16-10-14(17)18-6-2/h5,7-8,10,12-13H,1,6,9,11H2,2-4H3/b8-7+,16-10?/t12-,13+/m0/s1. The van der Waals surface area contributed by atoms with E-state index in [4.69, 9.17) is 14.2 Å². The zero-order chi connectivity index (χ0) is 15.0. The van der Waals surface area contributed by atoms with Gasteiger partial charge >= 0.3 is 5.97 Å². The van der Waals surface area contributed by atoms with Crippen molar-refractivity contribution in [2.75, 3.05) is 13.2 Å². The van der Waals surface area contributed by atoms with Crippen LogP contribution in [-0.2, 0) is 19.0 Å². The summed E-state index contributed by atoms with van der Waals surface area (Å²) in [6, 6.07) is -0.220. The number of nitrogens with zero attached hydrogens (tertiary/aromatic N) is 1. The van der Waals surface area contributed by atoms with Crippen molar-refractivity contribution in [1.29, 1.82) is 0 Å². The number of rotatable bonds is 6. The fourth-order valence-electron chi connectivity index (χ4n) is 1.86. The zero-order valence-electron chi connectivity index (χ0n) is 12.4. The van der Waals surface area contributed by atoms with Gasteiger partial charge in [-0.2, -0.15) is 0 Å². The molecule has 0 saturated carbocycles. The van der Waals surface area contributed by atoms with Gasteiger partial charge in [0.2, 0.25) is 0 Å². The molecule has 5 nitrogen and oxygen atoms in total. The third-order valence-corrected chi connectivity index (χ3v) is 2.76. The Kier molecular flexibility index (Phi) is 6.61. The smallest absolute Gasteiger partial charge is 0.348 e. The molecule has 20 heavy (non-hydrogen) atoms. The molecule has 1 aliphatic heterocycles. The molecule has 0 spiro atoms. The summed E-state index contributed by atoms with van der Waals surface area (Å²) in [5.74, 6) is -1.08. The maximum atomic E-state index is 11.3. The number of esters is 1. The Morgan fingerprint density at radius 3 is 2.95 bits per heavy atom. The average Bonchev–Trinajstić information content (AvgIpc) is 2.37. The molecule has 2 atom stereocenters. The highest BCUT2D eigenvalue weighted by molar-refractivity contribution is 6.23. The largest absolute Gasteiger partial charge is 0.462 e. The van der Waals surface area contributed by atoms with E-state index in [1.165, 1.54) is 6.21 Å². The molecule has 1 rings (SSSR count). The van der Waals surface area contributed by atoms with Crippen molar-refractivity contribution >= 4 is 12.2 Å². The first-order valence-electron chi connectivity index (χ1n) is 6.77. The molecule has 0 aromatic rings. The van der Waals surface area contributed by atoms with Crippen molar-refractivity contribution in [3.05, 3.63) is 24.8 Å². The lowest BCUT2D eigenvalue weighted by Crippen LogP contribution is -2.47. The summed E-state index contributed by atoms with van der Waals surface area (Å²) in [7, 11) is 0. The van der Waals surface area contributed by atoms with Gasteiger partial charge in [-0.15, -0.1) is 0 Å². The highest BCUT2D eigenvalue weighted by atomic mass is 16.7. The second kappa shape index (κ2) is 7.97. The summed E-state index contributed by atoms with van der Waals surface area (Å²) in [6.45, 7) is 9.86. The number of hydrogen-bond donors (Lipinski definition) is 0. The Labute approximate surface area is 120 Å². The van der Waals surface area contributed by atoms with Crippen LogP contribution in [0.25, 0.3) is 0 Å². The van der Waals surface area contributed by atoms with Crippen LogP contribution in [0.2, 0.25) is 0 Å². The van der Waals surface area contributed by atoms with Gasteiger partial charge in [-0.05, 0) is 27.2 Å². The van der Waals surface area contributed by atoms with Crippen LogP contribution in [0.15, 0.2) is 29.8 Å². The lowest BCUT2D eigenvalue weighted by atomic mass is 10.1. The summed E-state index contributed by atoms with van der Waals surface area (Å²) in [5.41, 5.74) is 0. The maximum Gasteiger partial charge on any atom is 0.348 e. The van der Waals surface area contributed by atoms with Gasteiger partial charge < -0.3 is 14.2 Å². The van der Waals surface area contributed by atoms with E-state index in [1.54, 1.807) is 13.0 Å². The van der Waals surface area contributed by atoms with E-state index in [2.05, 4.69) is 11.6 Å². The topological polar surface area (TPSA) is 57.1 Å². The molecule has 0 unspecified atom stereocenters. The second-order valence-electron chi connectivity index (χ2n) is 4.86. The Morgan fingerprint density at radius 2 is 2.30 bits per heavy atom. The number of allylic oxidation sites excluding steroid dienone is 2. The van der Waals surface area contributed by atoms with E-state index in [9.17, 15) is 4.79 Å². The molecule has 0 N–H and O–H groups in total. The fourth-order valence-corrected chi connectivity index (χ4v) is 1.86. The van der Waals surface area contributed by atoms with Crippen LogP contribution in [-0.4, -0.2) is 43.3 Å². The van der Waals surface area contributed by atoms with Gasteiger partial charge in [0.05, 0.1) is 19.3 Å². The van der Waals surface area contributed by atoms with Crippen molar-refractivity contribution in [3.8, 4) is 0 Å². The van der Waals surface area contributed by atoms with Gasteiger partial charge in [0.1, 0.15) is 12.3 Å². The predicted molar refractivity (Wildman–Crippen MR) is 77.8 cm³/mol. The van der Waals surface area contributed by atoms with Crippen LogP contribution in [0.1, 0.15) is 27.2 Å². The minimum atomic E-state index is -0.636. The van der Waals surface area contributed by atoms with E-state index in [0.717, 1.165) is 0 Å². The Balaban J connectivity index is 2.67. The van der Waals surface area contributed by atoms with Crippen molar-refractivity contribution < 1.29 is 19.0 Å². The number of carbonyl (C=O) groups excluding carboxylic acids is 1. The molecule has 5 heteroatoms.